The number of nitrogens with zero attached hydrogens (tertiary/aromatic N) is 7. The number of ether oxygens (including phenoxy) is 1. The van der Waals surface area contributed by atoms with Crippen LogP contribution in [-0.4, -0.2) is 53.2 Å². The quantitative estimate of drug-likeness (QED) is 0.285. The second kappa shape index (κ2) is 11.1. The minimum atomic E-state index is -0.507. The smallest absolute Gasteiger partial charge is 0.357 e. The number of imidazole rings is 1. The number of rotatable bonds is 9. The standard InChI is InChI=1S/C28H28N8O2/c1-4-5-10-25-31-24(23-15-29-18(2)30-26(23)28(37)38-3)17-36(25)16-19-11-13-20(14-12-19)21-8-6-7-9-22(21)27-32-34-35-33-27/h6-9,11-15,17H,4-5,10,16H2,1-3H3,(H,32,33,34,35). The molecule has 0 amide bonds. The fourth-order valence-electron chi connectivity index (χ4n) is 4.37. The number of esters is 1. The normalized spacial score (nSPS) is 11.0. The molecule has 0 fully saturated rings. The molecule has 0 atom stereocenters. The number of hydrogen-bond donors (Lipinski definition) is 1. The van der Waals surface area contributed by atoms with Crippen molar-refractivity contribution in [2.45, 2.75) is 39.7 Å². The first-order valence-corrected chi connectivity index (χ1v) is 12.5. The lowest BCUT2D eigenvalue weighted by Gasteiger charge is -2.10. The molecule has 0 unspecified atom stereocenters. The number of aromatic amines is 1. The summed E-state index contributed by atoms with van der Waals surface area (Å²) in [6.07, 6.45) is 6.50. The van der Waals surface area contributed by atoms with E-state index in [4.69, 9.17) is 9.72 Å². The topological polar surface area (TPSA) is 124 Å². The van der Waals surface area contributed by atoms with Gasteiger partial charge in [-0.3, -0.25) is 0 Å². The minimum absolute atomic E-state index is 0.219. The first-order chi connectivity index (χ1) is 18.6. The molecule has 3 heterocycles. The Morgan fingerprint density at radius 3 is 2.53 bits per heavy atom. The van der Waals surface area contributed by atoms with Crippen LogP contribution in [0.15, 0.2) is 60.9 Å². The van der Waals surface area contributed by atoms with E-state index < -0.39 is 5.97 Å². The Labute approximate surface area is 220 Å². The van der Waals surface area contributed by atoms with Gasteiger partial charge in [-0.25, -0.2) is 24.8 Å². The first kappa shape index (κ1) is 24.9. The summed E-state index contributed by atoms with van der Waals surface area (Å²) in [6, 6.07) is 16.5. The predicted molar refractivity (Wildman–Crippen MR) is 142 cm³/mol. The third-order valence-corrected chi connectivity index (χ3v) is 6.32. The average Bonchev–Trinajstić information content (AvgIpc) is 3.62. The zero-order chi connectivity index (χ0) is 26.5. The molecule has 0 aliphatic heterocycles. The van der Waals surface area contributed by atoms with Gasteiger partial charge in [0, 0.05) is 30.9 Å². The third-order valence-electron chi connectivity index (χ3n) is 6.32. The molecule has 0 aliphatic carbocycles. The molecule has 0 bridgehead atoms. The number of tetrazole rings is 1. The second-order valence-corrected chi connectivity index (χ2v) is 8.94. The molecule has 10 heteroatoms. The summed E-state index contributed by atoms with van der Waals surface area (Å²) >= 11 is 0. The van der Waals surface area contributed by atoms with Crippen LogP contribution in [0.3, 0.4) is 0 Å². The van der Waals surface area contributed by atoms with E-state index in [9.17, 15) is 4.79 Å². The molecule has 0 spiro atoms. The second-order valence-electron chi connectivity index (χ2n) is 8.94. The van der Waals surface area contributed by atoms with Crippen LogP contribution in [0.2, 0.25) is 0 Å². The van der Waals surface area contributed by atoms with Crippen LogP contribution in [0.1, 0.15) is 47.5 Å². The number of carbonyl (C=O) groups excluding carboxylic acids is 1. The van der Waals surface area contributed by atoms with Gasteiger partial charge in [0.2, 0.25) is 0 Å². The predicted octanol–water partition coefficient (Wildman–Crippen LogP) is 4.67. The van der Waals surface area contributed by atoms with Crippen LogP contribution in [0.5, 0.6) is 0 Å². The summed E-state index contributed by atoms with van der Waals surface area (Å²) < 4.78 is 7.09. The molecule has 38 heavy (non-hydrogen) atoms. The van der Waals surface area contributed by atoms with E-state index >= 15 is 0 Å². The molecule has 0 radical (unpaired) electrons. The van der Waals surface area contributed by atoms with Crippen LogP contribution in [0.4, 0.5) is 0 Å². The molecule has 0 saturated carbocycles. The average molecular weight is 509 g/mol. The van der Waals surface area contributed by atoms with Gasteiger partial charge in [0.1, 0.15) is 11.6 Å². The number of carbonyl (C=O) groups is 1. The van der Waals surface area contributed by atoms with Crippen molar-refractivity contribution in [1.82, 2.24) is 40.1 Å². The summed E-state index contributed by atoms with van der Waals surface area (Å²) in [5.41, 5.74) is 5.61. The summed E-state index contributed by atoms with van der Waals surface area (Å²) in [7, 11) is 1.35. The minimum Gasteiger partial charge on any atom is -0.464 e. The highest BCUT2D eigenvalue weighted by atomic mass is 16.5. The first-order valence-electron chi connectivity index (χ1n) is 12.5. The molecule has 10 nitrogen and oxygen atoms in total. The largest absolute Gasteiger partial charge is 0.464 e. The fraction of sp³-hybridized carbons (Fsp3) is 0.250. The Morgan fingerprint density at radius 1 is 1.03 bits per heavy atom. The van der Waals surface area contributed by atoms with Crippen LogP contribution < -0.4 is 0 Å². The van der Waals surface area contributed by atoms with Crippen molar-refractivity contribution >= 4 is 5.97 Å². The Balaban J connectivity index is 1.46. The van der Waals surface area contributed by atoms with E-state index in [1.807, 2.05) is 24.4 Å². The summed E-state index contributed by atoms with van der Waals surface area (Å²) in [6.45, 7) is 4.54. The van der Waals surface area contributed by atoms with Gasteiger partial charge in [-0.2, -0.15) is 0 Å². The molecule has 1 N–H and O–H groups in total. The van der Waals surface area contributed by atoms with Gasteiger partial charge in [-0.1, -0.05) is 61.9 Å². The summed E-state index contributed by atoms with van der Waals surface area (Å²) in [5, 5.41) is 14.3. The Hall–Kier alpha value is -4.73. The van der Waals surface area contributed by atoms with Gasteiger partial charge in [0.15, 0.2) is 11.5 Å². The van der Waals surface area contributed by atoms with Crippen molar-refractivity contribution in [3.8, 4) is 33.8 Å². The van der Waals surface area contributed by atoms with E-state index in [1.54, 1.807) is 13.1 Å². The van der Waals surface area contributed by atoms with Gasteiger partial charge < -0.3 is 9.30 Å². The van der Waals surface area contributed by atoms with Gasteiger partial charge in [0.25, 0.3) is 0 Å². The molecule has 192 valence electrons. The zero-order valence-electron chi connectivity index (χ0n) is 21.5. The molecule has 0 aliphatic rings. The van der Waals surface area contributed by atoms with Crippen molar-refractivity contribution < 1.29 is 9.53 Å². The van der Waals surface area contributed by atoms with Crippen molar-refractivity contribution in [2.24, 2.45) is 0 Å². The molecular formula is C28H28N8O2. The van der Waals surface area contributed by atoms with Crippen molar-refractivity contribution in [1.29, 1.82) is 0 Å². The van der Waals surface area contributed by atoms with Crippen LogP contribution in [0.25, 0.3) is 33.8 Å². The number of methoxy groups -OCH3 is 1. The Kier molecular flexibility index (Phi) is 7.30. The number of hydrogen-bond acceptors (Lipinski definition) is 8. The molecule has 3 aromatic heterocycles. The number of aryl methyl sites for hydroxylation is 2. The highest BCUT2D eigenvalue weighted by Gasteiger charge is 2.20. The van der Waals surface area contributed by atoms with Gasteiger partial charge in [-0.05, 0) is 40.5 Å². The SMILES string of the molecule is CCCCc1nc(-c2cnc(C)nc2C(=O)OC)cn1Cc1ccc(-c2ccccc2-c2nnn[nH]2)cc1. The van der Waals surface area contributed by atoms with Gasteiger partial charge in [-0.15, -0.1) is 5.10 Å². The number of H-pyrrole nitrogens is 1. The Morgan fingerprint density at radius 2 is 1.82 bits per heavy atom. The Bertz CT molecular complexity index is 1540. The highest BCUT2D eigenvalue weighted by Crippen LogP contribution is 2.30. The van der Waals surface area contributed by atoms with E-state index in [0.29, 0.717) is 29.5 Å². The monoisotopic (exact) mass is 508 g/mol. The lowest BCUT2D eigenvalue weighted by Crippen LogP contribution is -2.09. The molecule has 5 rings (SSSR count). The molecular weight excluding hydrogens is 480 g/mol. The zero-order valence-corrected chi connectivity index (χ0v) is 21.5. The molecule has 0 saturated heterocycles. The molecule has 2 aromatic carbocycles. The van der Waals surface area contributed by atoms with Gasteiger partial charge >= 0.3 is 5.97 Å². The van der Waals surface area contributed by atoms with Gasteiger partial charge in [0.05, 0.1) is 18.4 Å². The van der Waals surface area contributed by atoms with E-state index in [2.05, 4.69) is 72.4 Å². The van der Waals surface area contributed by atoms with Crippen LogP contribution in [-0.2, 0) is 17.7 Å². The number of unbranched alkanes of at least 4 members (excludes halogenated alkanes) is 1. The lowest BCUT2D eigenvalue weighted by atomic mass is 9.98. The fourth-order valence-corrected chi connectivity index (χ4v) is 4.37. The lowest BCUT2D eigenvalue weighted by molar-refractivity contribution is 0.0594. The highest BCUT2D eigenvalue weighted by molar-refractivity contribution is 5.94. The van der Waals surface area contributed by atoms with E-state index in [-0.39, 0.29) is 5.69 Å². The third kappa shape index (κ3) is 5.19. The van der Waals surface area contributed by atoms with E-state index in [0.717, 1.165) is 47.3 Å². The summed E-state index contributed by atoms with van der Waals surface area (Å²) in [4.78, 5) is 25.9. The van der Waals surface area contributed by atoms with Crippen LogP contribution >= 0.6 is 0 Å². The van der Waals surface area contributed by atoms with Crippen molar-refractivity contribution in [3.05, 3.63) is 83.8 Å². The van der Waals surface area contributed by atoms with Crippen molar-refractivity contribution in [2.75, 3.05) is 7.11 Å². The maximum Gasteiger partial charge on any atom is 0.357 e. The maximum atomic E-state index is 12.4. The summed E-state index contributed by atoms with van der Waals surface area (Å²) in [5.74, 6) is 1.57. The van der Waals surface area contributed by atoms with E-state index in [1.165, 1.54) is 7.11 Å². The number of benzene rings is 2. The molecule has 5 aromatic rings. The van der Waals surface area contributed by atoms with Crippen LogP contribution in [0, 0.1) is 6.92 Å². The number of nitrogens with one attached hydrogen (secondary N) is 1. The number of aromatic nitrogens is 8. The van der Waals surface area contributed by atoms with Crippen molar-refractivity contribution in [3.63, 3.8) is 0 Å². The maximum absolute atomic E-state index is 12.4.